The summed E-state index contributed by atoms with van der Waals surface area (Å²) in [4.78, 5) is 10.5. The van der Waals surface area contributed by atoms with Crippen LogP contribution in [0.2, 0.25) is 0 Å². The van der Waals surface area contributed by atoms with Crippen LogP contribution in [0.1, 0.15) is 142 Å². The normalized spacial score (nSPS) is 11.3. The Morgan fingerprint density at radius 3 is 1.42 bits per heavy atom. The molecule has 2 rings (SSSR count). The van der Waals surface area contributed by atoms with E-state index in [1.807, 2.05) is 0 Å². The number of aryl methyl sites for hydroxylation is 2. The summed E-state index contributed by atoms with van der Waals surface area (Å²) in [5.41, 5.74) is 6.89. The van der Waals surface area contributed by atoms with Gasteiger partial charge in [0.2, 0.25) is 0 Å². The fraction of sp³-hybridized carbons (Fsp3) is 0.550. The van der Waals surface area contributed by atoms with E-state index in [1.165, 1.54) is 62.5 Å². The van der Waals surface area contributed by atoms with Crippen LogP contribution in [0, 0.1) is 23.7 Å². The molecule has 0 heterocycles. The zero-order chi connectivity index (χ0) is 30.1. The van der Waals surface area contributed by atoms with Crippen LogP contribution in [-0.2, 0) is 33.3 Å². The van der Waals surface area contributed by atoms with Crippen LogP contribution in [0.15, 0.2) is 58.5 Å². The number of nitrogens with zero attached hydrogens (tertiary/aromatic N) is 2. The summed E-state index contributed by atoms with van der Waals surface area (Å²) in [5.74, 6) is 13.6. The van der Waals surface area contributed by atoms with E-state index in [9.17, 15) is 0 Å². The van der Waals surface area contributed by atoms with Gasteiger partial charge in [-0.2, -0.15) is 0 Å². The van der Waals surface area contributed by atoms with Crippen molar-refractivity contribution in [2.45, 2.75) is 143 Å². The predicted molar refractivity (Wildman–Crippen MR) is 187 cm³/mol. The molecule has 0 atom stereocenters. The molecular weight excluding hydrogens is 615 g/mol. The van der Waals surface area contributed by atoms with Crippen molar-refractivity contribution in [2.75, 3.05) is 0 Å². The minimum Gasteiger partial charge on any atom is -0.251 e. The first-order valence-electron chi connectivity index (χ1n) is 17.0. The van der Waals surface area contributed by atoms with Gasteiger partial charge >= 0.3 is 0 Å². The summed E-state index contributed by atoms with van der Waals surface area (Å²) in [5, 5.41) is 0. The third-order valence-corrected chi connectivity index (χ3v) is 7.53. The molecule has 236 valence electrons. The summed E-state index contributed by atoms with van der Waals surface area (Å²) in [7, 11) is 0. The molecule has 43 heavy (non-hydrogen) atoms. The molecule has 2 aromatic carbocycles. The topological polar surface area (TPSA) is 24.7 Å². The van der Waals surface area contributed by atoms with E-state index in [-0.39, 0.29) is 20.4 Å². The molecular formula is C40H56N2Pd. The van der Waals surface area contributed by atoms with Gasteiger partial charge in [0.15, 0.2) is 0 Å². The zero-order valence-electron chi connectivity index (χ0n) is 27.6. The average molecular weight is 671 g/mol. The summed E-state index contributed by atoms with van der Waals surface area (Å²) < 4.78 is 0. The van der Waals surface area contributed by atoms with Crippen LogP contribution >= 0.6 is 0 Å². The SMILES string of the molecule is CCCCCCC#CCCc1ccccc1N=C(CC)C(CCCC)=Nc1ccccc1CCC#CCCCCCC.[Pd]. The van der Waals surface area contributed by atoms with E-state index in [1.54, 1.807) is 0 Å². The quantitative estimate of drug-likeness (QED) is 0.0615. The minimum absolute atomic E-state index is 0. The first-order valence-corrected chi connectivity index (χ1v) is 17.0. The van der Waals surface area contributed by atoms with Crippen molar-refractivity contribution in [3.63, 3.8) is 0 Å². The Bertz CT molecular complexity index is 1200. The van der Waals surface area contributed by atoms with Crippen molar-refractivity contribution in [1.29, 1.82) is 0 Å². The fourth-order valence-electron chi connectivity index (χ4n) is 4.94. The van der Waals surface area contributed by atoms with Crippen LogP contribution in [0.5, 0.6) is 0 Å². The van der Waals surface area contributed by atoms with Crippen LogP contribution in [0.4, 0.5) is 11.4 Å². The molecule has 2 nitrogen and oxygen atoms in total. The first-order chi connectivity index (χ1) is 20.7. The molecule has 0 N–H and O–H groups in total. The van der Waals surface area contributed by atoms with Gasteiger partial charge in [-0.25, -0.2) is 0 Å². The van der Waals surface area contributed by atoms with Crippen LogP contribution in [0.3, 0.4) is 0 Å². The molecule has 0 radical (unpaired) electrons. The maximum Gasteiger partial charge on any atom is 0.0666 e. The Kier molecular flexibility index (Phi) is 23.3. The Morgan fingerprint density at radius 1 is 0.512 bits per heavy atom. The Labute approximate surface area is 278 Å². The van der Waals surface area contributed by atoms with E-state index in [0.717, 1.165) is 87.0 Å². The van der Waals surface area contributed by atoms with Crippen molar-refractivity contribution in [1.82, 2.24) is 0 Å². The minimum atomic E-state index is 0. The molecule has 0 aromatic heterocycles. The third kappa shape index (κ3) is 16.8. The smallest absolute Gasteiger partial charge is 0.0666 e. The average Bonchev–Trinajstić information content (AvgIpc) is 3.02. The van der Waals surface area contributed by atoms with Gasteiger partial charge in [0, 0.05) is 46.1 Å². The molecule has 0 fully saturated rings. The number of rotatable bonds is 19. The first kappa shape index (κ1) is 38.6. The van der Waals surface area contributed by atoms with Gasteiger partial charge < -0.3 is 0 Å². The van der Waals surface area contributed by atoms with Crippen molar-refractivity contribution < 1.29 is 20.4 Å². The van der Waals surface area contributed by atoms with Crippen molar-refractivity contribution in [3.8, 4) is 23.7 Å². The molecule has 0 unspecified atom stereocenters. The zero-order valence-corrected chi connectivity index (χ0v) is 29.1. The monoisotopic (exact) mass is 670 g/mol. The number of hydrogen-bond donors (Lipinski definition) is 0. The summed E-state index contributed by atoms with van der Waals surface area (Å²) >= 11 is 0. The second-order valence-corrected chi connectivity index (χ2v) is 11.2. The molecule has 2 aromatic rings. The third-order valence-electron chi connectivity index (χ3n) is 7.53. The maximum atomic E-state index is 5.27. The molecule has 0 amide bonds. The Hall–Kier alpha value is -2.44. The largest absolute Gasteiger partial charge is 0.251 e. The van der Waals surface area contributed by atoms with E-state index >= 15 is 0 Å². The number of unbranched alkanes of at least 4 members (excludes halogenated alkanes) is 9. The van der Waals surface area contributed by atoms with Crippen molar-refractivity contribution in [3.05, 3.63) is 59.7 Å². The fourth-order valence-corrected chi connectivity index (χ4v) is 4.94. The standard InChI is InChI=1S/C40H56N2.Pd/c1-5-9-12-14-16-18-20-22-28-35-30-24-26-33-38(35)41-37(8-4)40(32-11-7-3)42-39-34-27-25-31-36(39)29-23-21-19-17-15-13-10-6-2;/h24-27,30-31,33-34H,5-17,22-23,28-29,32H2,1-4H3;. The van der Waals surface area contributed by atoms with E-state index in [2.05, 4.69) is 99.9 Å². The summed E-state index contributed by atoms with van der Waals surface area (Å²) in [6.45, 7) is 8.95. The second-order valence-electron chi connectivity index (χ2n) is 11.2. The van der Waals surface area contributed by atoms with Gasteiger partial charge in [-0.15, -0.1) is 23.7 Å². The van der Waals surface area contributed by atoms with Crippen molar-refractivity contribution in [2.24, 2.45) is 9.98 Å². The number of para-hydroxylation sites is 2. The van der Waals surface area contributed by atoms with Gasteiger partial charge in [0.05, 0.1) is 22.8 Å². The Morgan fingerprint density at radius 2 is 0.953 bits per heavy atom. The van der Waals surface area contributed by atoms with Crippen LogP contribution in [-0.4, -0.2) is 11.4 Å². The van der Waals surface area contributed by atoms with Crippen molar-refractivity contribution >= 4 is 22.8 Å². The molecule has 0 spiro atoms. The molecule has 0 bridgehead atoms. The maximum absolute atomic E-state index is 5.27. The number of benzene rings is 2. The van der Waals surface area contributed by atoms with Gasteiger partial charge in [-0.3, -0.25) is 9.98 Å². The van der Waals surface area contributed by atoms with Gasteiger partial charge in [0.1, 0.15) is 0 Å². The molecule has 3 heteroatoms. The summed E-state index contributed by atoms with van der Waals surface area (Å²) in [6.07, 6.45) is 19.9. The van der Waals surface area contributed by atoms with Crippen LogP contribution in [0.25, 0.3) is 0 Å². The Balaban J connectivity index is 0.00000924. The van der Waals surface area contributed by atoms with Gasteiger partial charge in [-0.1, -0.05) is 109 Å². The second kappa shape index (κ2) is 26.0. The van der Waals surface area contributed by atoms with Crippen LogP contribution < -0.4 is 0 Å². The number of hydrogen-bond acceptors (Lipinski definition) is 2. The number of aliphatic imine (C=N–C) groups is 2. The molecule has 0 saturated heterocycles. The summed E-state index contributed by atoms with van der Waals surface area (Å²) in [6, 6.07) is 17.2. The van der Waals surface area contributed by atoms with E-state index < -0.39 is 0 Å². The van der Waals surface area contributed by atoms with E-state index in [0.29, 0.717) is 0 Å². The van der Waals surface area contributed by atoms with Gasteiger partial charge in [0.25, 0.3) is 0 Å². The van der Waals surface area contributed by atoms with Gasteiger partial charge in [-0.05, 0) is 68.2 Å². The molecule has 0 saturated carbocycles. The molecule has 0 aliphatic heterocycles. The molecule has 0 aliphatic carbocycles. The molecule has 0 aliphatic rings. The van der Waals surface area contributed by atoms with E-state index in [4.69, 9.17) is 9.98 Å². The predicted octanol–water partition coefficient (Wildman–Crippen LogP) is 11.9.